The Labute approximate surface area is 123 Å². The van der Waals surface area contributed by atoms with E-state index in [-0.39, 0.29) is 17.5 Å². The van der Waals surface area contributed by atoms with Crippen molar-refractivity contribution in [2.24, 2.45) is 0 Å². The molecule has 0 bridgehead atoms. The topological polar surface area (TPSA) is 21.3 Å². The van der Waals surface area contributed by atoms with Gasteiger partial charge in [0.05, 0.1) is 5.60 Å². The predicted molar refractivity (Wildman–Crippen MR) is 81.0 cm³/mol. The molecule has 0 fully saturated rings. The molecule has 2 atom stereocenters. The van der Waals surface area contributed by atoms with Crippen molar-refractivity contribution < 1.29 is 9.13 Å². The first-order valence-corrected chi connectivity index (χ1v) is 7.48. The van der Waals surface area contributed by atoms with Gasteiger partial charge >= 0.3 is 0 Å². The zero-order valence-electron chi connectivity index (χ0n) is 12.1. The van der Waals surface area contributed by atoms with E-state index in [4.69, 9.17) is 4.74 Å². The van der Waals surface area contributed by atoms with Crippen LogP contribution in [0.15, 0.2) is 22.7 Å². The molecule has 4 heteroatoms. The molecule has 1 N–H and O–H groups in total. The lowest BCUT2D eigenvalue weighted by molar-refractivity contribution is -0.0284. The van der Waals surface area contributed by atoms with Crippen LogP contribution in [0.4, 0.5) is 4.39 Å². The van der Waals surface area contributed by atoms with Gasteiger partial charge in [-0.25, -0.2) is 4.39 Å². The van der Waals surface area contributed by atoms with Crippen molar-refractivity contribution in [1.82, 2.24) is 5.32 Å². The third-order valence-corrected chi connectivity index (χ3v) is 4.56. The van der Waals surface area contributed by atoms with Crippen LogP contribution in [0.5, 0.6) is 0 Å². The summed E-state index contributed by atoms with van der Waals surface area (Å²) >= 11 is 3.49. The quantitative estimate of drug-likeness (QED) is 0.817. The molecular formula is C15H23BrFNO. The first-order chi connectivity index (χ1) is 8.96. The summed E-state index contributed by atoms with van der Waals surface area (Å²) in [6.45, 7) is 7.12. The molecule has 0 spiro atoms. The van der Waals surface area contributed by atoms with Gasteiger partial charge in [-0.15, -0.1) is 0 Å². The molecule has 0 amide bonds. The zero-order valence-corrected chi connectivity index (χ0v) is 13.7. The number of likely N-dealkylation sites (N-methyl/N-ethyl adjacent to an activating group) is 1. The highest BCUT2D eigenvalue weighted by molar-refractivity contribution is 9.10. The van der Waals surface area contributed by atoms with Crippen LogP contribution in [0.1, 0.15) is 32.8 Å². The molecule has 1 rings (SSSR count). The van der Waals surface area contributed by atoms with Crippen LogP contribution in [0.25, 0.3) is 0 Å². The van der Waals surface area contributed by atoms with E-state index in [1.807, 2.05) is 0 Å². The van der Waals surface area contributed by atoms with Crippen LogP contribution in [0, 0.1) is 5.82 Å². The lowest BCUT2D eigenvalue weighted by atomic mass is 9.88. The van der Waals surface area contributed by atoms with Gasteiger partial charge in [0, 0.05) is 17.6 Å². The lowest BCUT2D eigenvalue weighted by Gasteiger charge is -2.36. The summed E-state index contributed by atoms with van der Waals surface area (Å²) in [4.78, 5) is 0. The summed E-state index contributed by atoms with van der Waals surface area (Å²) in [6, 6.07) is 4.94. The second kappa shape index (κ2) is 7.36. The van der Waals surface area contributed by atoms with Gasteiger partial charge < -0.3 is 10.1 Å². The number of hydrogen-bond donors (Lipinski definition) is 1. The molecule has 108 valence electrons. The third-order valence-electron chi connectivity index (χ3n) is 3.79. The monoisotopic (exact) mass is 331 g/mol. The highest BCUT2D eigenvalue weighted by Crippen LogP contribution is 2.26. The molecule has 0 heterocycles. The summed E-state index contributed by atoms with van der Waals surface area (Å²) in [5.74, 6) is -0.205. The average Bonchev–Trinajstić information content (AvgIpc) is 2.41. The molecule has 2 unspecified atom stereocenters. The van der Waals surface area contributed by atoms with Crippen LogP contribution >= 0.6 is 15.9 Å². The number of nitrogens with one attached hydrogen (secondary N) is 1. The second-order valence-electron chi connectivity index (χ2n) is 4.92. The van der Waals surface area contributed by atoms with E-state index in [1.54, 1.807) is 19.2 Å². The van der Waals surface area contributed by atoms with Crippen molar-refractivity contribution in [3.05, 3.63) is 34.1 Å². The molecule has 19 heavy (non-hydrogen) atoms. The number of rotatable bonds is 7. The number of ether oxygens (including phenoxy) is 1. The van der Waals surface area contributed by atoms with Gasteiger partial charge in [0.25, 0.3) is 0 Å². The van der Waals surface area contributed by atoms with Gasteiger partial charge in [0.1, 0.15) is 5.82 Å². The largest absolute Gasteiger partial charge is 0.377 e. The normalized spacial score (nSPS) is 16.1. The van der Waals surface area contributed by atoms with Crippen LogP contribution in [0.2, 0.25) is 0 Å². The van der Waals surface area contributed by atoms with Crippen LogP contribution in [-0.4, -0.2) is 25.3 Å². The number of benzene rings is 1. The van der Waals surface area contributed by atoms with Gasteiger partial charge in [-0.1, -0.05) is 29.8 Å². The minimum atomic E-state index is -0.262. The molecule has 2 nitrogen and oxygen atoms in total. The van der Waals surface area contributed by atoms with E-state index >= 15 is 0 Å². The fraction of sp³-hybridized carbons (Fsp3) is 0.600. The maximum atomic E-state index is 13.4. The van der Waals surface area contributed by atoms with Crippen molar-refractivity contribution >= 4 is 15.9 Å². The maximum absolute atomic E-state index is 13.4. The Hall–Kier alpha value is -0.450. The fourth-order valence-electron chi connectivity index (χ4n) is 2.20. The van der Waals surface area contributed by atoms with Crippen LogP contribution in [-0.2, 0) is 11.2 Å². The molecule has 0 aliphatic carbocycles. The lowest BCUT2D eigenvalue weighted by Crippen LogP contribution is -2.51. The summed E-state index contributed by atoms with van der Waals surface area (Å²) in [6.07, 6.45) is 1.62. The first kappa shape index (κ1) is 16.6. The Morgan fingerprint density at radius 1 is 1.42 bits per heavy atom. The number of hydrogen-bond acceptors (Lipinski definition) is 2. The van der Waals surface area contributed by atoms with Crippen molar-refractivity contribution in [2.75, 3.05) is 13.7 Å². The minimum Gasteiger partial charge on any atom is -0.377 e. The highest BCUT2D eigenvalue weighted by Gasteiger charge is 2.32. The van der Waals surface area contributed by atoms with Gasteiger partial charge in [-0.05, 0) is 50.1 Å². The summed E-state index contributed by atoms with van der Waals surface area (Å²) in [7, 11) is 1.73. The smallest absolute Gasteiger partial charge is 0.123 e. The molecule has 0 saturated heterocycles. The molecule has 1 aromatic carbocycles. The predicted octanol–water partition coefficient (Wildman–Crippen LogP) is 3.92. The Morgan fingerprint density at radius 2 is 2.11 bits per heavy atom. The molecule has 0 radical (unpaired) electrons. The number of halogens is 2. The van der Waals surface area contributed by atoms with Crippen LogP contribution in [0.3, 0.4) is 0 Å². The fourth-order valence-corrected chi connectivity index (χ4v) is 2.61. The minimum absolute atomic E-state index is 0.144. The third kappa shape index (κ3) is 4.26. The molecule has 0 saturated carbocycles. The summed E-state index contributed by atoms with van der Waals surface area (Å²) in [5.41, 5.74) is 0.699. The van der Waals surface area contributed by atoms with Crippen molar-refractivity contribution in [3.63, 3.8) is 0 Å². The Bertz CT molecular complexity index is 407. The van der Waals surface area contributed by atoms with Gasteiger partial charge in [-0.2, -0.15) is 0 Å². The standard InChI is InChI=1S/C15H23BrFNO/c1-5-15(3,19-4)14(18-6-2)10-11-9-12(17)7-8-13(11)16/h7-9,14,18H,5-6,10H2,1-4H3. The highest BCUT2D eigenvalue weighted by atomic mass is 79.9. The van der Waals surface area contributed by atoms with Gasteiger partial charge in [0.2, 0.25) is 0 Å². The molecule has 0 aliphatic rings. The van der Waals surface area contributed by atoms with E-state index in [0.717, 1.165) is 29.4 Å². The first-order valence-electron chi connectivity index (χ1n) is 6.69. The summed E-state index contributed by atoms with van der Waals surface area (Å²) in [5, 5.41) is 3.45. The van der Waals surface area contributed by atoms with E-state index < -0.39 is 0 Å². The van der Waals surface area contributed by atoms with Crippen molar-refractivity contribution in [1.29, 1.82) is 0 Å². The number of methoxy groups -OCH3 is 1. The molecule has 1 aromatic rings. The Kier molecular flexibility index (Phi) is 6.43. The average molecular weight is 332 g/mol. The second-order valence-corrected chi connectivity index (χ2v) is 5.77. The van der Waals surface area contributed by atoms with Crippen LogP contribution < -0.4 is 5.32 Å². The van der Waals surface area contributed by atoms with Crippen molar-refractivity contribution in [2.45, 2.75) is 45.3 Å². The van der Waals surface area contributed by atoms with Crippen molar-refractivity contribution in [3.8, 4) is 0 Å². The van der Waals surface area contributed by atoms with Gasteiger partial charge in [-0.3, -0.25) is 0 Å². The van der Waals surface area contributed by atoms with E-state index in [9.17, 15) is 4.39 Å². The van der Waals surface area contributed by atoms with E-state index in [2.05, 4.69) is 42.0 Å². The van der Waals surface area contributed by atoms with Gasteiger partial charge in [0.15, 0.2) is 0 Å². The van der Waals surface area contributed by atoms with E-state index in [1.165, 1.54) is 6.07 Å². The Morgan fingerprint density at radius 3 is 2.63 bits per heavy atom. The Balaban J connectivity index is 2.98. The SMILES string of the molecule is CCNC(Cc1cc(F)ccc1Br)C(C)(CC)OC. The summed E-state index contributed by atoms with van der Waals surface area (Å²) < 4.78 is 20.0. The molecular weight excluding hydrogens is 309 g/mol. The van der Waals surface area contributed by atoms with E-state index in [0.29, 0.717) is 0 Å². The molecule has 0 aliphatic heterocycles. The molecule has 0 aromatic heterocycles. The zero-order chi connectivity index (χ0) is 14.5. The maximum Gasteiger partial charge on any atom is 0.123 e.